The molecule has 2 saturated heterocycles. The minimum atomic E-state index is -0.767. The van der Waals surface area contributed by atoms with E-state index < -0.39 is 5.60 Å². The Hall–Kier alpha value is -2.16. The lowest BCUT2D eigenvalue weighted by atomic mass is 9.68. The Morgan fingerprint density at radius 3 is 2.38 bits per heavy atom. The number of hydrogen-bond donors (Lipinski definition) is 3. The van der Waals surface area contributed by atoms with E-state index >= 15 is 0 Å². The van der Waals surface area contributed by atoms with Crippen molar-refractivity contribution in [3.8, 4) is 0 Å². The number of rotatable bonds is 8. The Balaban J connectivity index is 1.30. The number of ether oxygens (including phenoxy) is 1. The SMILES string of the molecule is CN[C@]1(c2ccccc2)CC[C@]2(CC1)CN(CCC(=O)NC1COC1)C(=O)N2CC1(O)CCC1. The van der Waals surface area contributed by atoms with Crippen LogP contribution in [0.4, 0.5) is 4.79 Å². The third-order valence-corrected chi connectivity index (χ3v) is 8.75. The Kier molecular flexibility index (Phi) is 6.33. The van der Waals surface area contributed by atoms with E-state index in [0.717, 1.165) is 44.9 Å². The number of β-amino-alcohol motifs (C(OH)–C–C–N with tert-alkyl or cyclic N) is 1. The summed E-state index contributed by atoms with van der Waals surface area (Å²) in [4.78, 5) is 29.7. The van der Waals surface area contributed by atoms with Gasteiger partial charge in [0.05, 0.1) is 36.9 Å². The predicted octanol–water partition coefficient (Wildman–Crippen LogP) is 1.97. The number of carbonyl (C=O) groups excluding carboxylic acids is 2. The molecule has 8 heteroatoms. The second kappa shape index (κ2) is 9.13. The zero-order valence-corrected chi connectivity index (χ0v) is 20.2. The molecule has 4 aliphatic rings. The van der Waals surface area contributed by atoms with E-state index in [1.807, 2.05) is 22.9 Å². The second-order valence-corrected chi connectivity index (χ2v) is 10.8. The van der Waals surface area contributed by atoms with Gasteiger partial charge < -0.3 is 30.3 Å². The summed E-state index contributed by atoms with van der Waals surface area (Å²) in [5.74, 6) is -0.0341. The maximum absolute atomic E-state index is 13.6. The molecule has 34 heavy (non-hydrogen) atoms. The number of urea groups is 1. The summed E-state index contributed by atoms with van der Waals surface area (Å²) in [6.45, 7) is 2.56. The van der Waals surface area contributed by atoms with Crippen LogP contribution in [-0.2, 0) is 15.1 Å². The molecular formula is C26H38N4O4. The van der Waals surface area contributed by atoms with Gasteiger partial charge in [-0.25, -0.2) is 4.79 Å². The average molecular weight is 471 g/mol. The molecule has 3 N–H and O–H groups in total. The number of carbonyl (C=O) groups is 2. The van der Waals surface area contributed by atoms with Crippen LogP contribution in [0.25, 0.3) is 0 Å². The van der Waals surface area contributed by atoms with Crippen molar-refractivity contribution in [2.75, 3.05) is 39.9 Å². The lowest BCUT2D eigenvalue weighted by Crippen LogP contribution is -2.59. The van der Waals surface area contributed by atoms with Gasteiger partial charge in [-0.2, -0.15) is 0 Å². The monoisotopic (exact) mass is 470 g/mol. The molecule has 0 atom stereocenters. The van der Waals surface area contributed by atoms with Gasteiger partial charge in [-0.05, 0) is 57.6 Å². The third-order valence-electron chi connectivity index (χ3n) is 8.75. The van der Waals surface area contributed by atoms with Crippen LogP contribution in [0.1, 0.15) is 56.9 Å². The number of amides is 3. The lowest BCUT2D eigenvalue weighted by molar-refractivity contribution is -0.125. The Morgan fingerprint density at radius 2 is 1.82 bits per heavy atom. The maximum Gasteiger partial charge on any atom is 0.320 e. The first kappa shape index (κ1) is 23.6. The molecule has 186 valence electrons. The Bertz CT molecular complexity index is 891. The van der Waals surface area contributed by atoms with Crippen molar-refractivity contribution in [1.82, 2.24) is 20.4 Å². The van der Waals surface area contributed by atoms with Gasteiger partial charge >= 0.3 is 6.03 Å². The molecule has 0 aromatic heterocycles. The number of nitrogens with one attached hydrogen (secondary N) is 2. The molecule has 1 aromatic rings. The Labute approximate surface area is 202 Å². The fourth-order valence-electron chi connectivity index (χ4n) is 6.19. The highest BCUT2D eigenvalue weighted by Gasteiger charge is 2.55. The molecular weight excluding hydrogens is 432 g/mol. The van der Waals surface area contributed by atoms with E-state index in [4.69, 9.17) is 4.74 Å². The van der Waals surface area contributed by atoms with E-state index in [0.29, 0.717) is 39.3 Å². The first-order valence-corrected chi connectivity index (χ1v) is 12.8. The van der Waals surface area contributed by atoms with Crippen LogP contribution < -0.4 is 10.6 Å². The minimum Gasteiger partial charge on any atom is -0.388 e. The van der Waals surface area contributed by atoms with E-state index in [-0.39, 0.29) is 29.1 Å². The van der Waals surface area contributed by atoms with Crippen molar-refractivity contribution in [1.29, 1.82) is 0 Å². The summed E-state index contributed by atoms with van der Waals surface area (Å²) >= 11 is 0. The van der Waals surface area contributed by atoms with Crippen molar-refractivity contribution in [3.63, 3.8) is 0 Å². The van der Waals surface area contributed by atoms with Crippen LogP contribution in [-0.4, -0.2) is 83.9 Å². The molecule has 4 fully saturated rings. The molecule has 5 rings (SSSR count). The van der Waals surface area contributed by atoms with Gasteiger partial charge in [0.2, 0.25) is 5.91 Å². The first-order valence-electron chi connectivity index (χ1n) is 12.8. The lowest BCUT2D eigenvalue weighted by Gasteiger charge is -2.50. The topological polar surface area (TPSA) is 94.1 Å². The smallest absolute Gasteiger partial charge is 0.320 e. The van der Waals surface area contributed by atoms with Crippen molar-refractivity contribution in [3.05, 3.63) is 35.9 Å². The number of nitrogens with zero attached hydrogens (tertiary/aromatic N) is 2. The molecule has 1 spiro atoms. The predicted molar refractivity (Wildman–Crippen MR) is 128 cm³/mol. The summed E-state index contributed by atoms with van der Waals surface area (Å²) < 4.78 is 5.13. The van der Waals surface area contributed by atoms with Gasteiger partial charge in [0.25, 0.3) is 0 Å². The van der Waals surface area contributed by atoms with Crippen LogP contribution in [0.15, 0.2) is 30.3 Å². The van der Waals surface area contributed by atoms with Crippen LogP contribution in [0.5, 0.6) is 0 Å². The summed E-state index contributed by atoms with van der Waals surface area (Å²) in [6, 6.07) is 10.6. The van der Waals surface area contributed by atoms with E-state index in [1.165, 1.54) is 5.56 Å². The van der Waals surface area contributed by atoms with Gasteiger partial charge in [0.1, 0.15) is 0 Å². The molecule has 1 aromatic carbocycles. The quantitative estimate of drug-likeness (QED) is 0.540. The molecule has 2 aliphatic carbocycles. The van der Waals surface area contributed by atoms with Gasteiger partial charge in [-0.1, -0.05) is 30.3 Å². The van der Waals surface area contributed by atoms with Gasteiger partial charge in [0, 0.05) is 25.0 Å². The van der Waals surface area contributed by atoms with E-state index in [1.54, 1.807) is 0 Å². The van der Waals surface area contributed by atoms with Crippen LogP contribution in [0.2, 0.25) is 0 Å². The zero-order valence-electron chi connectivity index (χ0n) is 20.2. The minimum absolute atomic E-state index is 0.0308. The number of benzene rings is 1. The van der Waals surface area contributed by atoms with Crippen molar-refractivity contribution < 1.29 is 19.4 Å². The fraction of sp³-hybridized carbons (Fsp3) is 0.692. The molecule has 3 amide bonds. The number of aliphatic hydroxyl groups is 1. The van der Waals surface area contributed by atoms with E-state index in [9.17, 15) is 14.7 Å². The molecule has 0 radical (unpaired) electrons. The van der Waals surface area contributed by atoms with Crippen LogP contribution >= 0.6 is 0 Å². The maximum atomic E-state index is 13.6. The van der Waals surface area contributed by atoms with Gasteiger partial charge in [-0.15, -0.1) is 0 Å². The van der Waals surface area contributed by atoms with Crippen LogP contribution in [0.3, 0.4) is 0 Å². The van der Waals surface area contributed by atoms with Crippen molar-refractivity contribution in [2.24, 2.45) is 0 Å². The molecule has 2 aliphatic heterocycles. The van der Waals surface area contributed by atoms with Crippen molar-refractivity contribution >= 4 is 11.9 Å². The molecule has 8 nitrogen and oxygen atoms in total. The summed E-state index contributed by atoms with van der Waals surface area (Å²) in [5, 5.41) is 17.5. The standard InChI is InChI=1S/C26H38N4O4/c1-27-26(20-6-3-2-4-7-20)13-11-24(12-14-26)18-29(15-8-22(31)28-21-16-34-17-21)23(32)30(24)19-25(33)9-5-10-25/h2-4,6-7,21,27,33H,5,8-19H2,1H3,(H,28,31)/t24-,26+. The van der Waals surface area contributed by atoms with Crippen molar-refractivity contribution in [2.45, 2.75) is 74.1 Å². The van der Waals surface area contributed by atoms with Crippen LogP contribution in [0, 0.1) is 0 Å². The second-order valence-electron chi connectivity index (χ2n) is 10.8. The number of hydrogen-bond acceptors (Lipinski definition) is 5. The molecule has 0 bridgehead atoms. The van der Waals surface area contributed by atoms with E-state index in [2.05, 4.69) is 34.9 Å². The first-order chi connectivity index (χ1) is 16.4. The Morgan fingerprint density at radius 1 is 1.12 bits per heavy atom. The highest BCUT2D eigenvalue weighted by atomic mass is 16.5. The highest BCUT2D eigenvalue weighted by Crippen LogP contribution is 2.48. The zero-order chi connectivity index (χ0) is 23.8. The highest BCUT2D eigenvalue weighted by molar-refractivity contribution is 5.80. The average Bonchev–Trinajstić information content (AvgIpc) is 3.06. The molecule has 2 heterocycles. The fourth-order valence-corrected chi connectivity index (χ4v) is 6.19. The largest absolute Gasteiger partial charge is 0.388 e. The van der Waals surface area contributed by atoms with Gasteiger partial charge in [0.15, 0.2) is 0 Å². The summed E-state index contributed by atoms with van der Waals surface area (Å²) in [5.41, 5.74) is 0.120. The normalized spacial score (nSPS) is 30.8. The summed E-state index contributed by atoms with van der Waals surface area (Å²) in [7, 11) is 2.03. The molecule has 0 unspecified atom stereocenters. The summed E-state index contributed by atoms with van der Waals surface area (Å²) in [6.07, 6.45) is 6.39. The molecule has 2 saturated carbocycles. The third kappa shape index (κ3) is 4.32. The van der Waals surface area contributed by atoms with Gasteiger partial charge in [-0.3, -0.25) is 4.79 Å².